The van der Waals surface area contributed by atoms with Crippen LogP contribution in [0, 0.1) is 0 Å². The molecule has 6 rings (SSSR count). The van der Waals surface area contributed by atoms with E-state index in [0.29, 0.717) is 51.1 Å². The van der Waals surface area contributed by atoms with Gasteiger partial charge >= 0.3 is 18.2 Å². The van der Waals surface area contributed by atoms with Gasteiger partial charge in [0.05, 0.1) is 30.2 Å². The highest BCUT2D eigenvalue weighted by atomic mass is 32.1. The predicted molar refractivity (Wildman–Crippen MR) is 288 cm³/mol. The molecular formula is C55H70F3N7O7SSi. The van der Waals surface area contributed by atoms with E-state index in [9.17, 15) is 14.4 Å². The van der Waals surface area contributed by atoms with Crippen molar-refractivity contribution in [1.82, 2.24) is 29.7 Å². The summed E-state index contributed by atoms with van der Waals surface area (Å²) in [6.45, 7) is 22.2. The largest absolute Gasteiger partial charge is 0.468 e. The van der Waals surface area contributed by atoms with Gasteiger partial charge in [-0.05, 0) is 112 Å². The van der Waals surface area contributed by atoms with Gasteiger partial charge in [-0.2, -0.15) is 17.5 Å². The summed E-state index contributed by atoms with van der Waals surface area (Å²) in [6, 6.07) is 23.5. The van der Waals surface area contributed by atoms with Gasteiger partial charge in [0.2, 0.25) is 0 Å². The van der Waals surface area contributed by atoms with E-state index in [4.69, 9.17) is 23.6 Å². The number of carbonyl (C=O) groups is 3. The predicted octanol–water partition coefficient (Wildman–Crippen LogP) is 9.75. The average Bonchev–Trinajstić information content (AvgIpc) is 3.92. The van der Waals surface area contributed by atoms with Crippen LogP contribution in [0.3, 0.4) is 0 Å². The summed E-state index contributed by atoms with van der Waals surface area (Å²) in [7, 11) is -0.456. The Morgan fingerprint density at radius 2 is 1.61 bits per heavy atom. The SMILES string of the molecule is C=C/C(=C(\N=CC)[C@H](C)OC)c1c(CC(C)(C)O[Si](c2ccccc2)(c2ccccc2)C(C)(C)C)c2cc(-c3nc(C[C@H](NC(=O)OC(C)(C)C)C(=O)N4CCC[C@@H](C(=O)OC)N4)ns3)ccc2n1CC(F)(F)F. The van der Waals surface area contributed by atoms with Gasteiger partial charge in [-0.25, -0.2) is 15.2 Å². The molecule has 1 saturated heterocycles. The zero-order valence-electron chi connectivity index (χ0n) is 44.5. The number of nitrogens with one attached hydrogen (secondary N) is 2. The van der Waals surface area contributed by atoms with Crippen LogP contribution in [0.25, 0.3) is 27.0 Å². The minimum atomic E-state index is -4.65. The number of amides is 2. The number of hydrogen-bond acceptors (Lipinski definition) is 12. The highest BCUT2D eigenvalue weighted by molar-refractivity contribution is 7.09. The summed E-state index contributed by atoms with van der Waals surface area (Å²) in [4.78, 5) is 49.4. The maximum atomic E-state index is 15.1. The number of hydrazine groups is 1. The highest BCUT2D eigenvalue weighted by Crippen LogP contribution is 2.44. The molecule has 74 heavy (non-hydrogen) atoms. The van der Waals surface area contributed by atoms with Gasteiger partial charge in [0.1, 0.15) is 35.1 Å². The molecule has 0 spiro atoms. The number of benzene rings is 3. The average molecular weight is 1060 g/mol. The molecule has 1 aliphatic heterocycles. The third-order valence-electron chi connectivity index (χ3n) is 12.7. The molecular weight excluding hydrogens is 988 g/mol. The van der Waals surface area contributed by atoms with Crippen molar-refractivity contribution < 1.29 is 46.2 Å². The van der Waals surface area contributed by atoms with E-state index in [1.165, 1.54) is 29.9 Å². The third-order valence-corrected chi connectivity index (χ3v) is 18.8. The van der Waals surface area contributed by atoms with Gasteiger partial charge in [0.15, 0.2) is 0 Å². The van der Waals surface area contributed by atoms with Crippen molar-refractivity contribution >= 4 is 70.9 Å². The number of rotatable bonds is 18. The van der Waals surface area contributed by atoms with Crippen molar-refractivity contribution in [1.29, 1.82) is 0 Å². The number of esters is 1. The number of aromatic nitrogens is 3. The zero-order valence-corrected chi connectivity index (χ0v) is 46.3. The molecule has 0 bridgehead atoms. The van der Waals surface area contributed by atoms with Crippen molar-refractivity contribution in [3.63, 3.8) is 0 Å². The number of aliphatic imine (C=N–C) groups is 1. The van der Waals surface area contributed by atoms with Crippen molar-refractivity contribution in [2.24, 2.45) is 4.99 Å². The van der Waals surface area contributed by atoms with Crippen LogP contribution in [0.15, 0.2) is 102 Å². The summed E-state index contributed by atoms with van der Waals surface area (Å²) < 4.78 is 75.1. The van der Waals surface area contributed by atoms with Crippen LogP contribution >= 0.6 is 11.5 Å². The number of halogens is 3. The maximum absolute atomic E-state index is 15.1. The molecule has 398 valence electrons. The van der Waals surface area contributed by atoms with Crippen molar-refractivity contribution in [3.05, 3.63) is 114 Å². The Morgan fingerprint density at radius 1 is 0.973 bits per heavy atom. The van der Waals surface area contributed by atoms with Gasteiger partial charge in [0, 0.05) is 54.8 Å². The second-order valence-electron chi connectivity index (χ2n) is 21.0. The summed E-state index contributed by atoms with van der Waals surface area (Å²) in [5.41, 5.74) is 3.46. The van der Waals surface area contributed by atoms with Crippen molar-refractivity contribution in [2.45, 2.75) is 142 Å². The summed E-state index contributed by atoms with van der Waals surface area (Å²) >= 11 is 1.04. The van der Waals surface area contributed by atoms with E-state index in [-0.39, 0.29) is 30.9 Å². The molecule has 2 amide bonds. The third kappa shape index (κ3) is 13.3. The number of allylic oxidation sites excluding steroid dienone is 2. The Bertz CT molecular complexity index is 2810. The second-order valence-corrected chi connectivity index (χ2v) is 26.0. The van der Waals surface area contributed by atoms with Gasteiger partial charge in [0.25, 0.3) is 14.2 Å². The summed E-state index contributed by atoms with van der Waals surface area (Å²) in [5, 5.41) is 6.56. The smallest absolute Gasteiger partial charge is 0.408 e. The first-order valence-electron chi connectivity index (χ1n) is 24.7. The van der Waals surface area contributed by atoms with E-state index in [1.807, 2.05) is 56.3 Å². The van der Waals surface area contributed by atoms with E-state index in [2.05, 4.69) is 71.7 Å². The van der Waals surface area contributed by atoms with Crippen LogP contribution in [0.4, 0.5) is 18.0 Å². The fourth-order valence-corrected chi connectivity index (χ4v) is 15.1. The van der Waals surface area contributed by atoms with Gasteiger partial charge in [-0.15, -0.1) is 0 Å². The van der Waals surface area contributed by atoms with E-state index in [0.717, 1.165) is 21.9 Å². The molecule has 0 radical (unpaired) electrons. The van der Waals surface area contributed by atoms with Crippen LogP contribution in [0.5, 0.6) is 0 Å². The van der Waals surface area contributed by atoms with Crippen LogP contribution in [-0.4, -0.2) is 108 Å². The molecule has 3 aromatic carbocycles. The number of ether oxygens (including phenoxy) is 3. The zero-order chi connectivity index (χ0) is 54.4. The molecule has 0 aliphatic carbocycles. The van der Waals surface area contributed by atoms with Gasteiger partial charge < -0.3 is 28.5 Å². The second kappa shape index (κ2) is 23.3. The van der Waals surface area contributed by atoms with Crippen LogP contribution in [0.2, 0.25) is 5.04 Å². The molecule has 3 atom stereocenters. The molecule has 14 nitrogen and oxygen atoms in total. The Balaban J connectivity index is 1.54. The minimum absolute atomic E-state index is 0.141. The fraction of sp³-hybridized carbons (Fsp3) is 0.455. The van der Waals surface area contributed by atoms with Crippen molar-refractivity contribution in [3.8, 4) is 10.6 Å². The molecule has 2 aromatic heterocycles. The molecule has 0 unspecified atom stereocenters. The number of hydrogen-bond donors (Lipinski definition) is 2. The van der Waals surface area contributed by atoms with E-state index in [1.54, 1.807) is 53.0 Å². The first kappa shape index (κ1) is 57.3. The molecule has 3 heterocycles. The highest BCUT2D eigenvalue weighted by Gasteiger charge is 2.53. The van der Waals surface area contributed by atoms with Gasteiger partial charge in [-0.1, -0.05) is 94.1 Å². The normalized spacial score (nSPS) is 16.2. The number of carbonyl (C=O) groups excluding carboxylic acids is 3. The van der Waals surface area contributed by atoms with Crippen LogP contribution in [-0.2, 0) is 47.6 Å². The summed E-state index contributed by atoms with van der Waals surface area (Å²) in [5.74, 6) is -0.865. The van der Waals surface area contributed by atoms with E-state index >= 15 is 13.2 Å². The minimum Gasteiger partial charge on any atom is -0.468 e. The Morgan fingerprint density at radius 3 is 2.15 bits per heavy atom. The lowest BCUT2D eigenvalue weighted by molar-refractivity contribution is -0.150. The first-order chi connectivity index (χ1) is 34.8. The van der Waals surface area contributed by atoms with E-state index < -0.39 is 73.4 Å². The lowest BCUT2D eigenvalue weighted by Gasteiger charge is -2.48. The Hall–Kier alpha value is -5.99. The number of nitrogens with zero attached hydrogens (tertiary/aromatic N) is 5. The topological polar surface area (TPSA) is 158 Å². The first-order valence-corrected chi connectivity index (χ1v) is 27.3. The molecule has 19 heteroatoms. The van der Waals surface area contributed by atoms with Crippen LogP contribution in [0.1, 0.15) is 99.2 Å². The van der Waals surface area contributed by atoms with Crippen molar-refractivity contribution in [2.75, 3.05) is 20.8 Å². The molecule has 1 fully saturated rings. The number of alkyl carbamates (subject to hydrolysis) is 1. The standard InChI is InChI=1S/C55H70F3N7O7SSi/c1-14-39(46(59-15-2)35(3)69-12)47-41(33-54(10,11)72-74(53(7,8)9,37-23-18-16-19-24-37)38-25-20-17-21-26-38)40-31-36(28-29-44(40)64(47)34-55(56,57)58)48-61-45(63-73-48)32-43(60-51(68)71-52(4,5)6)49(66)65-30-22-27-42(62-65)50(67)70-13/h14-21,23-26,28-29,31,35,42-43,62H,1,22,27,30,32-34H2,2-13H3,(H,60,68)/b46-39+,59-15?/t35-,42-,43-/m0/s1. The quantitative estimate of drug-likeness (QED) is 0.0375. The number of fused-ring (bicyclic) bond motifs is 1. The lowest BCUT2D eigenvalue weighted by atomic mass is 9.92. The molecule has 2 N–H and O–H groups in total. The maximum Gasteiger partial charge on any atom is 0.408 e. The number of methoxy groups -OCH3 is 2. The van der Waals surface area contributed by atoms with Crippen LogP contribution < -0.4 is 21.1 Å². The molecule has 1 aliphatic rings. The number of alkyl halides is 3. The molecule has 5 aromatic rings. The Kier molecular flexibility index (Phi) is 18.0. The fourth-order valence-electron chi connectivity index (χ4n) is 9.61. The molecule has 0 saturated carbocycles. The monoisotopic (exact) mass is 1060 g/mol. The lowest BCUT2D eigenvalue weighted by Crippen LogP contribution is -2.69. The Labute approximate surface area is 437 Å². The summed E-state index contributed by atoms with van der Waals surface area (Å²) in [6.07, 6.45) is -2.08. The van der Waals surface area contributed by atoms with Gasteiger partial charge in [-0.3, -0.25) is 19.6 Å².